The Labute approximate surface area is 171 Å². The molecule has 1 rings (SSSR count). The normalized spacial score (nSPS) is 13.6. The lowest BCUT2D eigenvalue weighted by Crippen LogP contribution is -2.55. The van der Waals surface area contributed by atoms with Crippen molar-refractivity contribution in [3.8, 4) is 0 Å². The molecule has 3 unspecified atom stereocenters. The fourth-order valence-corrected chi connectivity index (χ4v) is 2.55. The molecule has 1 aromatic carbocycles. The average molecular weight is 405 g/mol. The van der Waals surface area contributed by atoms with Crippen LogP contribution in [0.1, 0.15) is 45.6 Å². The third-order valence-corrected chi connectivity index (χ3v) is 4.59. The molecule has 29 heavy (non-hydrogen) atoms. The van der Waals surface area contributed by atoms with E-state index in [1.54, 1.807) is 6.92 Å². The van der Waals surface area contributed by atoms with E-state index in [1.165, 1.54) is 0 Å². The topological polar surface area (TPSA) is 125 Å². The molecule has 0 saturated heterocycles. The van der Waals surface area contributed by atoms with Crippen molar-refractivity contribution in [1.29, 1.82) is 0 Å². The standard InChI is InChI=1S/C21H31N3O5/c1-4-14(3)13-22-20(28)16(11-15-9-7-6-8-10-15)24-21(29)17(12-19(26)27)23-18(25)5-2/h6-10,14,16-17H,4-5,11-13H2,1-3H3,(H,22,28)(H,23,25)(H,24,29)(H,26,27). The van der Waals surface area contributed by atoms with Gasteiger partial charge in [-0.05, 0) is 11.5 Å². The molecule has 160 valence electrons. The largest absolute Gasteiger partial charge is 0.481 e. The van der Waals surface area contributed by atoms with Gasteiger partial charge in [0.1, 0.15) is 12.1 Å². The van der Waals surface area contributed by atoms with Gasteiger partial charge in [-0.1, -0.05) is 57.5 Å². The van der Waals surface area contributed by atoms with Crippen LogP contribution in [0.4, 0.5) is 0 Å². The molecule has 8 nitrogen and oxygen atoms in total. The summed E-state index contributed by atoms with van der Waals surface area (Å²) >= 11 is 0. The molecule has 0 radical (unpaired) electrons. The van der Waals surface area contributed by atoms with Crippen LogP contribution in [-0.4, -0.2) is 47.4 Å². The first-order valence-electron chi connectivity index (χ1n) is 9.89. The minimum absolute atomic E-state index is 0.117. The van der Waals surface area contributed by atoms with Gasteiger partial charge in [-0.3, -0.25) is 19.2 Å². The minimum atomic E-state index is -1.25. The number of carboxylic acid groups (broad SMARTS) is 1. The van der Waals surface area contributed by atoms with Crippen LogP contribution in [0, 0.1) is 5.92 Å². The Hall–Kier alpha value is -2.90. The van der Waals surface area contributed by atoms with E-state index in [4.69, 9.17) is 5.11 Å². The van der Waals surface area contributed by atoms with Gasteiger partial charge < -0.3 is 21.1 Å². The average Bonchev–Trinajstić information content (AvgIpc) is 2.70. The Balaban J connectivity index is 2.93. The second-order valence-electron chi connectivity index (χ2n) is 7.08. The van der Waals surface area contributed by atoms with Crippen LogP contribution in [-0.2, 0) is 25.6 Å². The van der Waals surface area contributed by atoms with Crippen molar-refractivity contribution in [2.45, 2.75) is 58.5 Å². The number of amides is 3. The van der Waals surface area contributed by atoms with Gasteiger partial charge in [0.05, 0.1) is 6.42 Å². The van der Waals surface area contributed by atoms with Crippen LogP contribution in [0.25, 0.3) is 0 Å². The van der Waals surface area contributed by atoms with Crippen LogP contribution < -0.4 is 16.0 Å². The van der Waals surface area contributed by atoms with Gasteiger partial charge in [0.2, 0.25) is 17.7 Å². The number of carboxylic acids is 1. The van der Waals surface area contributed by atoms with Crippen LogP contribution in [0.15, 0.2) is 30.3 Å². The lowest BCUT2D eigenvalue weighted by atomic mass is 10.0. The van der Waals surface area contributed by atoms with Gasteiger partial charge in [0.25, 0.3) is 0 Å². The molecule has 0 bridgehead atoms. The third kappa shape index (κ3) is 9.23. The third-order valence-electron chi connectivity index (χ3n) is 4.59. The van der Waals surface area contributed by atoms with E-state index in [2.05, 4.69) is 16.0 Å². The fourth-order valence-electron chi connectivity index (χ4n) is 2.55. The van der Waals surface area contributed by atoms with Crippen LogP contribution in [0.2, 0.25) is 0 Å². The van der Waals surface area contributed by atoms with Crippen molar-refractivity contribution >= 4 is 23.7 Å². The highest BCUT2D eigenvalue weighted by atomic mass is 16.4. The number of benzene rings is 1. The summed E-state index contributed by atoms with van der Waals surface area (Å²) in [7, 11) is 0. The number of hydrogen-bond donors (Lipinski definition) is 4. The molecule has 0 aliphatic carbocycles. The molecule has 3 atom stereocenters. The maximum atomic E-state index is 12.7. The number of carbonyl (C=O) groups is 4. The van der Waals surface area contributed by atoms with E-state index in [9.17, 15) is 19.2 Å². The Morgan fingerprint density at radius 2 is 1.62 bits per heavy atom. The van der Waals surface area contributed by atoms with Gasteiger partial charge in [0, 0.05) is 19.4 Å². The van der Waals surface area contributed by atoms with Crippen LogP contribution in [0.3, 0.4) is 0 Å². The molecular weight excluding hydrogens is 374 g/mol. The lowest BCUT2D eigenvalue weighted by Gasteiger charge is -2.23. The van der Waals surface area contributed by atoms with Gasteiger partial charge in [-0.15, -0.1) is 0 Å². The van der Waals surface area contributed by atoms with Gasteiger partial charge in [-0.2, -0.15) is 0 Å². The van der Waals surface area contributed by atoms with Crippen LogP contribution in [0.5, 0.6) is 0 Å². The Morgan fingerprint density at radius 1 is 0.966 bits per heavy atom. The number of carbonyl (C=O) groups excluding carboxylic acids is 3. The van der Waals surface area contributed by atoms with Gasteiger partial charge in [-0.25, -0.2) is 0 Å². The summed E-state index contributed by atoms with van der Waals surface area (Å²) in [4.78, 5) is 48.1. The van der Waals surface area contributed by atoms with Crippen molar-refractivity contribution in [2.75, 3.05) is 6.54 Å². The summed E-state index contributed by atoms with van der Waals surface area (Å²) in [5, 5.41) is 16.9. The number of rotatable bonds is 12. The zero-order valence-corrected chi connectivity index (χ0v) is 17.2. The predicted molar refractivity (Wildman–Crippen MR) is 109 cm³/mol. The van der Waals surface area contributed by atoms with E-state index in [0.717, 1.165) is 12.0 Å². The van der Waals surface area contributed by atoms with Crippen molar-refractivity contribution in [1.82, 2.24) is 16.0 Å². The molecule has 0 aromatic heterocycles. The number of hydrogen-bond acceptors (Lipinski definition) is 4. The molecule has 3 amide bonds. The van der Waals surface area contributed by atoms with E-state index in [0.29, 0.717) is 6.54 Å². The summed E-state index contributed by atoms with van der Waals surface area (Å²) in [6.45, 7) is 6.11. The monoisotopic (exact) mass is 405 g/mol. The maximum absolute atomic E-state index is 12.7. The molecule has 4 N–H and O–H groups in total. The summed E-state index contributed by atoms with van der Waals surface area (Å²) < 4.78 is 0. The molecular formula is C21H31N3O5. The highest BCUT2D eigenvalue weighted by molar-refractivity contribution is 5.94. The van der Waals surface area contributed by atoms with Gasteiger partial charge in [0.15, 0.2) is 0 Å². The van der Waals surface area contributed by atoms with Crippen LogP contribution >= 0.6 is 0 Å². The summed E-state index contributed by atoms with van der Waals surface area (Å²) in [5.74, 6) is -2.42. The second-order valence-corrected chi connectivity index (χ2v) is 7.08. The van der Waals surface area contributed by atoms with E-state index >= 15 is 0 Å². The zero-order chi connectivity index (χ0) is 21.8. The van der Waals surface area contributed by atoms with Crippen molar-refractivity contribution in [2.24, 2.45) is 5.92 Å². The number of aliphatic carboxylic acids is 1. The molecule has 0 saturated carbocycles. The number of nitrogens with one attached hydrogen (secondary N) is 3. The Bertz CT molecular complexity index is 693. The Morgan fingerprint density at radius 3 is 2.17 bits per heavy atom. The molecule has 0 spiro atoms. The lowest BCUT2D eigenvalue weighted by molar-refractivity contribution is -0.141. The first-order chi connectivity index (χ1) is 13.8. The molecule has 0 heterocycles. The molecule has 0 aliphatic rings. The molecule has 0 aliphatic heterocycles. The molecule has 1 aromatic rings. The minimum Gasteiger partial charge on any atom is -0.481 e. The van der Waals surface area contributed by atoms with Gasteiger partial charge >= 0.3 is 5.97 Å². The highest BCUT2D eigenvalue weighted by Crippen LogP contribution is 2.06. The summed E-state index contributed by atoms with van der Waals surface area (Å²) in [5.41, 5.74) is 0.851. The Kier molecular flexibility index (Phi) is 10.4. The quantitative estimate of drug-likeness (QED) is 0.416. The SMILES string of the molecule is CCC(=O)NC(CC(=O)O)C(=O)NC(Cc1ccccc1)C(=O)NCC(C)CC. The summed E-state index contributed by atoms with van der Waals surface area (Å²) in [6.07, 6.45) is 0.705. The predicted octanol–water partition coefficient (Wildman–Crippen LogP) is 1.25. The van der Waals surface area contributed by atoms with E-state index in [1.807, 2.05) is 44.2 Å². The first kappa shape index (κ1) is 24.1. The molecule has 8 heteroatoms. The van der Waals surface area contributed by atoms with Crippen molar-refractivity contribution < 1.29 is 24.3 Å². The molecule has 0 fully saturated rings. The van der Waals surface area contributed by atoms with Crippen molar-refractivity contribution in [3.63, 3.8) is 0 Å². The van der Waals surface area contributed by atoms with E-state index < -0.39 is 36.3 Å². The fraction of sp³-hybridized carbons (Fsp3) is 0.524. The summed E-state index contributed by atoms with van der Waals surface area (Å²) in [6, 6.07) is 7.07. The highest BCUT2D eigenvalue weighted by Gasteiger charge is 2.28. The smallest absolute Gasteiger partial charge is 0.305 e. The second kappa shape index (κ2) is 12.5. The maximum Gasteiger partial charge on any atom is 0.305 e. The first-order valence-corrected chi connectivity index (χ1v) is 9.89. The van der Waals surface area contributed by atoms with E-state index in [-0.39, 0.29) is 24.7 Å². The van der Waals surface area contributed by atoms with Crippen molar-refractivity contribution in [3.05, 3.63) is 35.9 Å². The zero-order valence-electron chi connectivity index (χ0n) is 17.2.